The van der Waals surface area contributed by atoms with Gasteiger partial charge in [0.1, 0.15) is 0 Å². The van der Waals surface area contributed by atoms with Gasteiger partial charge in [-0.25, -0.2) is 9.97 Å². The number of hydrogen-bond donors (Lipinski definition) is 0. The Kier molecular flexibility index (Phi) is 5.81. The van der Waals surface area contributed by atoms with E-state index in [0.717, 1.165) is 93.4 Å². The fourth-order valence-corrected chi connectivity index (χ4v) is 7.21. The van der Waals surface area contributed by atoms with Crippen molar-refractivity contribution in [3.8, 4) is 33.5 Å². The van der Waals surface area contributed by atoms with E-state index in [9.17, 15) is 0 Å². The lowest BCUT2D eigenvalue weighted by Gasteiger charge is -2.15. The average molecular weight is 612 g/mol. The minimum absolute atomic E-state index is 0.858. The van der Waals surface area contributed by atoms with Crippen molar-refractivity contribution in [1.82, 2.24) is 24.9 Å². The van der Waals surface area contributed by atoms with Gasteiger partial charge in [-0.3, -0.25) is 15.0 Å². The van der Waals surface area contributed by atoms with Gasteiger partial charge in [0.25, 0.3) is 0 Å². The lowest BCUT2D eigenvalue weighted by molar-refractivity contribution is 1.36. The molecule has 5 heterocycles. The standard InChI is InChI=1S/C43H25N5/c1-2-8-26(9-3-1)38-33-11-4-5-13-36(33)48-43-35(38)18-15-28-16-21-37(47-40(28)43)34-20-19-29(31-12-7-24-45-41(31)34)30-22-25-46-42-32(30)17-14-27-10-6-23-44-39(27)42/h1-25H. The number of rotatable bonds is 3. The van der Waals surface area contributed by atoms with Gasteiger partial charge in [0.05, 0.1) is 38.8 Å². The molecule has 0 saturated heterocycles. The van der Waals surface area contributed by atoms with E-state index in [0.29, 0.717) is 0 Å². The Morgan fingerprint density at radius 1 is 0.333 bits per heavy atom. The van der Waals surface area contributed by atoms with Gasteiger partial charge in [0.15, 0.2) is 0 Å². The topological polar surface area (TPSA) is 64.5 Å². The molecule has 0 saturated carbocycles. The predicted octanol–water partition coefficient (Wildman–Crippen LogP) is 10.6. The molecule has 0 fully saturated rings. The zero-order valence-electron chi connectivity index (χ0n) is 25.7. The van der Waals surface area contributed by atoms with Gasteiger partial charge < -0.3 is 0 Å². The van der Waals surface area contributed by atoms with Crippen LogP contribution in [0.3, 0.4) is 0 Å². The Hall–Kier alpha value is -6.59. The maximum Gasteiger partial charge on any atom is 0.0978 e. The van der Waals surface area contributed by atoms with Crippen molar-refractivity contribution in [1.29, 1.82) is 0 Å². The molecule has 0 bridgehead atoms. The fraction of sp³-hybridized carbons (Fsp3) is 0. The molecule has 0 aliphatic rings. The molecular weight excluding hydrogens is 587 g/mol. The van der Waals surface area contributed by atoms with Gasteiger partial charge >= 0.3 is 0 Å². The van der Waals surface area contributed by atoms with Crippen LogP contribution in [0, 0.1) is 0 Å². The third kappa shape index (κ3) is 4.01. The molecule has 0 N–H and O–H groups in total. The zero-order chi connectivity index (χ0) is 31.6. The maximum atomic E-state index is 5.33. The van der Waals surface area contributed by atoms with Crippen LogP contribution in [0.1, 0.15) is 0 Å². The molecule has 0 amide bonds. The first-order chi connectivity index (χ1) is 23.8. The largest absolute Gasteiger partial charge is 0.256 e. The minimum atomic E-state index is 0.858. The van der Waals surface area contributed by atoms with E-state index in [1.807, 2.05) is 36.8 Å². The summed E-state index contributed by atoms with van der Waals surface area (Å²) in [6.07, 6.45) is 5.55. The van der Waals surface area contributed by atoms with Crippen LogP contribution in [0.2, 0.25) is 0 Å². The third-order valence-corrected chi connectivity index (χ3v) is 9.39. The Morgan fingerprint density at radius 2 is 1.00 bits per heavy atom. The summed E-state index contributed by atoms with van der Waals surface area (Å²) in [5, 5.41) is 6.45. The Bertz CT molecular complexity index is 2900. The Morgan fingerprint density at radius 3 is 1.92 bits per heavy atom. The van der Waals surface area contributed by atoms with Gasteiger partial charge in [-0.1, -0.05) is 97.1 Å². The summed E-state index contributed by atoms with van der Waals surface area (Å²) in [4.78, 5) is 24.9. The number of fused-ring (bicyclic) bond motifs is 8. The molecule has 5 aromatic heterocycles. The van der Waals surface area contributed by atoms with Crippen LogP contribution in [0.5, 0.6) is 0 Å². The normalized spacial score (nSPS) is 11.8. The van der Waals surface area contributed by atoms with Crippen molar-refractivity contribution in [3.63, 3.8) is 0 Å². The van der Waals surface area contributed by atoms with E-state index >= 15 is 0 Å². The first kappa shape index (κ1) is 26.6. The molecule has 222 valence electrons. The van der Waals surface area contributed by atoms with Crippen LogP contribution in [-0.4, -0.2) is 24.9 Å². The summed E-state index contributed by atoms with van der Waals surface area (Å²) in [6, 6.07) is 46.4. The summed E-state index contributed by atoms with van der Waals surface area (Å²) in [6.45, 7) is 0. The second-order valence-corrected chi connectivity index (χ2v) is 12.1. The molecule has 10 aromatic rings. The lowest BCUT2D eigenvalue weighted by atomic mass is 9.93. The highest BCUT2D eigenvalue weighted by Gasteiger charge is 2.17. The molecule has 0 atom stereocenters. The van der Waals surface area contributed by atoms with E-state index in [2.05, 4.69) is 120 Å². The molecular formula is C43H25N5. The van der Waals surface area contributed by atoms with Gasteiger partial charge in [-0.2, -0.15) is 0 Å². The number of pyridine rings is 5. The second-order valence-electron chi connectivity index (χ2n) is 12.1. The summed E-state index contributed by atoms with van der Waals surface area (Å²) < 4.78 is 0. The summed E-state index contributed by atoms with van der Waals surface area (Å²) >= 11 is 0. The highest BCUT2D eigenvalue weighted by Crippen LogP contribution is 2.40. The molecule has 5 aromatic carbocycles. The van der Waals surface area contributed by atoms with Gasteiger partial charge in [0.2, 0.25) is 0 Å². The lowest BCUT2D eigenvalue weighted by Crippen LogP contribution is -1.94. The summed E-state index contributed by atoms with van der Waals surface area (Å²) in [5.74, 6) is 0. The Labute approximate surface area is 275 Å². The van der Waals surface area contributed by atoms with Crippen molar-refractivity contribution < 1.29 is 0 Å². The highest BCUT2D eigenvalue weighted by molar-refractivity contribution is 6.17. The van der Waals surface area contributed by atoms with Crippen molar-refractivity contribution >= 4 is 65.4 Å². The summed E-state index contributed by atoms with van der Waals surface area (Å²) in [7, 11) is 0. The van der Waals surface area contributed by atoms with E-state index in [1.54, 1.807) is 0 Å². The first-order valence-corrected chi connectivity index (χ1v) is 16.0. The fourth-order valence-electron chi connectivity index (χ4n) is 7.21. The van der Waals surface area contributed by atoms with Crippen molar-refractivity contribution in [2.24, 2.45) is 0 Å². The average Bonchev–Trinajstić information content (AvgIpc) is 3.16. The van der Waals surface area contributed by atoms with Crippen molar-refractivity contribution in [2.75, 3.05) is 0 Å². The van der Waals surface area contributed by atoms with E-state index in [1.165, 1.54) is 5.56 Å². The predicted molar refractivity (Wildman–Crippen MR) is 197 cm³/mol. The van der Waals surface area contributed by atoms with Crippen LogP contribution in [-0.2, 0) is 0 Å². The van der Waals surface area contributed by atoms with Crippen LogP contribution in [0.25, 0.3) is 98.9 Å². The van der Waals surface area contributed by atoms with Gasteiger partial charge in [0, 0.05) is 62.0 Å². The molecule has 0 aliphatic heterocycles. The van der Waals surface area contributed by atoms with Crippen LogP contribution >= 0.6 is 0 Å². The molecule has 5 heteroatoms. The van der Waals surface area contributed by atoms with E-state index in [4.69, 9.17) is 19.9 Å². The number of nitrogens with zero attached hydrogens (tertiary/aromatic N) is 5. The van der Waals surface area contributed by atoms with Crippen LogP contribution < -0.4 is 0 Å². The van der Waals surface area contributed by atoms with Gasteiger partial charge in [-0.15, -0.1) is 0 Å². The highest BCUT2D eigenvalue weighted by atomic mass is 14.8. The van der Waals surface area contributed by atoms with E-state index < -0.39 is 0 Å². The molecule has 0 spiro atoms. The quantitative estimate of drug-likeness (QED) is 0.147. The second kappa shape index (κ2) is 10.5. The van der Waals surface area contributed by atoms with Crippen molar-refractivity contribution in [3.05, 3.63) is 152 Å². The van der Waals surface area contributed by atoms with E-state index in [-0.39, 0.29) is 0 Å². The minimum Gasteiger partial charge on any atom is -0.256 e. The molecule has 10 rings (SSSR count). The molecule has 0 radical (unpaired) electrons. The smallest absolute Gasteiger partial charge is 0.0978 e. The van der Waals surface area contributed by atoms with Crippen molar-refractivity contribution in [2.45, 2.75) is 0 Å². The number of hydrogen-bond acceptors (Lipinski definition) is 5. The number of benzene rings is 5. The number of para-hydroxylation sites is 1. The van der Waals surface area contributed by atoms with Crippen LogP contribution in [0.15, 0.2) is 152 Å². The molecule has 48 heavy (non-hydrogen) atoms. The molecule has 0 aliphatic carbocycles. The molecule has 0 unspecified atom stereocenters. The van der Waals surface area contributed by atoms with Crippen LogP contribution in [0.4, 0.5) is 0 Å². The Balaban J connectivity index is 1.20. The molecule has 5 nitrogen and oxygen atoms in total. The maximum absolute atomic E-state index is 5.33. The third-order valence-electron chi connectivity index (χ3n) is 9.39. The SMILES string of the molecule is c1ccc(-c2c3ccccc3nc3c2ccc2ccc(-c4ccc(-c5ccnc6c5ccc5cccnc56)c5cccnc45)nc23)cc1. The number of aromatic nitrogens is 5. The zero-order valence-corrected chi connectivity index (χ0v) is 25.7. The first-order valence-electron chi connectivity index (χ1n) is 16.0. The monoisotopic (exact) mass is 611 g/mol. The summed E-state index contributed by atoms with van der Waals surface area (Å²) in [5.41, 5.74) is 11.8. The van der Waals surface area contributed by atoms with Gasteiger partial charge in [-0.05, 0) is 53.1 Å².